The van der Waals surface area contributed by atoms with E-state index in [1.807, 2.05) is 0 Å². The minimum absolute atomic E-state index is 0.118. The Kier molecular flexibility index (Phi) is 6.03. The highest BCUT2D eigenvalue weighted by Gasteiger charge is 2.50. The van der Waals surface area contributed by atoms with Gasteiger partial charge in [0, 0.05) is 44.6 Å². The van der Waals surface area contributed by atoms with Crippen LogP contribution in [0.5, 0.6) is 17.4 Å². The van der Waals surface area contributed by atoms with Crippen molar-refractivity contribution >= 4 is 17.4 Å². The van der Waals surface area contributed by atoms with Gasteiger partial charge in [-0.1, -0.05) is 11.6 Å². The Morgan fingerprint density at radius 3 is 2.68 bits per heavy atom. The standard InChI is InChI=1S/C26H25ClF2N4O4/c1-35-18-11-26(12-18)3-5-32-16(10-26)13-33-23(32)9-22(31-25(33)34)36-14-15-6-19(28)24(20(29)7-15)37-17-2-4-30-21(27)8-17/h2,4,6-9,16,18H,3,5,10-14H2,1H3. The number of nitrogens with zero attached hydrogens (tertiary/aromatic N) is 4. The lowest BCUT2D eigenvalue weighted by molar-refractivity contribution is -0.0764. The summed E-state index contributed by atoms with van der Waals surface area (Å²) in [6.07, 6.45) is 5.91. The Morgan fingerprint density at radius 2 is 1.95 bits per heavy atom. The predicted octanol–water partition coefficient (Wildman–Crippen LogP) is 4.72. The molecular formula is C26H25ClF2N4O4. The summed E-state index contributed by atoms with van der Waals surface area (Å²) in [7, 11) is 1.76. The number of anilines is 1. The maximum Gasteiger partial charge on any atom is 0.352 e. The van der Waals surface area contributed by atoms with Gasteiger partial charge in [0.1, 0.15) is 23.3 Å². The van der Waals surface area contributed by atoms with Crippen LogP contribution >= 0.6 is 11.6 Å². The first kappa shape index (κ1) is 24.1. The van der Waals surface area contributed by atoms with E-state index in [4.69, 9.17) is 25.8 Å². The van der Waals surface area contributed by atoms with Gasteiger partial charge in [-0.2, -0.15) is 4.98 Å². The molecule has 2 fully saturated rings. The van der Waals surface area contributed by atoms with Crippen molar-refractivity contribution < 1.29 is 23.0 Å². The number of pyridine rings is 1. The summed E-state index contributed by atoms with van der Waals surface area (Å²) >= 11 is 5.80. The van der Waals surface area contributed by atoms with Gasteiger partial charge in [-0.25, -0.2) is 18.6 Å². The molecule has 1 saturated heterocycles. The summed E-state index contributed by atoms with van der Waals surface area (Å²) in [6, 6.07) is 7.00. The fourth-order valence-electron chi connectivity index (χ4n) is 5.84. The number of aromatic nitrogens is 3. The van der Waals surface area contributed by atoms with E-state index in [1.165, 1.54) is 18.3 Å². The lowest BCUT2D eigenvalue weighted by Gasteiger charge is -2.53. The highest BCUT2D eigenvalue weighted by Crippen LogP contribution is 2.53. The largest absolute Gasteiger partial charge is 0.473 e. The summed E-state index contributed by atoms with van der Waals surface area (Å²) < 4.78 is 47.5. The molecule has 1 saturated carbocycles. The molecule has 6 rings (SSSR count). The number of methoxy groups -OCH3 is 1. The molecule has 4 heterocycles. The van der Waals surface area contributed by atoms with E-state index in [9.17, 15) is 13.6 Å². The van der Waals surface area contributed by atoms with E-state index in [0.717, 1.165) is 50.2 Å². The topological polar surface area (TPSA) is 78.7 Å². The molecule has 1 aromatic carbocycles. The zero-order valence-electron chi connectivity index (χ0n) is 20.1. The quantitative estimate of drug-likeness (QED) is 0.427. The average Bonchev–Trinajstić information content (AvgIpc) is 3.21. The molecule has 37 heavy (non-hydrogen) atoms. The molecule has 1 unspecified atom stereocenters. The zero-order valence-corrected chi connectivity index (χ0v) is 20.9. The second-order valence-electron chi connectivity index (χ2n) is 10.0. The third kappa shape index (κ3) is 4.53. The van der Waals surface area contributed by atoms with Gasteiger partial charge in [0.25, 0.3) is 0 Å². The minimum atomic E-state index is -0.898. The average molecular weight is 531 g/mol. The fourth-order valence-corrected chi connectivity index (χ4v) is 6.01. The number of rotatable bonds is 6. The molecule has 0 radical (unpaired) electrons. The van der Waals surface area contributed by atoms with Gasteiger partial charge in [-0.05, 0) is 54.9 Å². The summed E-state index contributed by atoms with van der Waals surface area (Å²) in [4.78, 5) is 22.9. The van der Waals surface area contributed by atoms with E-state index in [2.05, 4.69) is 14.9 Å². The molecule has 3 aliphatic rings. The molecule has 3 aromatic rings. The highest BCUT2D eigenvalue weighted by molar-refractivity contribution is 6.29. The summed E-state index contributed by atoms with van der Waals surface area (Å²) in [5, 5.41) is 0.138. The maximum absolute atomic E-state index is 14.6. The van der Waals surface area contributed by atoms with Crippen molar-refractivity contribution in [3.8, 4) is 17.4 Å². The Labute approximate surface area is 216 Å². The molecule has 11 heteroatoms. The molecule has 2 aliphatic heterocycles. The first-order valence-corrected chi connectivity index (χ1v) is 12.5. The second-order valence-corrected chi connectivity index (χ2v) is 10.4. The van der Waals surface area contributed by atoms with Crippen LogP contribution in [-0.4, -0.2) is 40.3 Å². The molecule has 1 aliphatic carbocycles. The first-order valence-electron chi connectivity index (χ1n) is 12.1. The van der Waals surface area contributed by atoms with Crippen LogP contribution in [0.25, 0.3) is 0 Å². The predicted molar refractivity (Wildman–Crippen MR) is 131 cm³/mol. The monoisotopic (exact) mass is 530 g/mol. The Morgan fingerprint density at radius 1 is 1.16 bits per heavy atom. The molecule has 0 bridgehead atoms. The number of piperidine rings is 1. The molecule has 8 nitrogen and oxygen atoms in total. The molecular weight excluding hydrogens is 506 g/mol. The van der Waals surface area contributed by atoms with E-state index >= 15 is 0 Å². The number of benzene rings is 1. The van der Waals surface area contributed by atoms with Crippen molar-refractivity contribution in [1.29, 1.82) is 0 Å². The van der Waals surface area contributed by atoms with E-state index < -0.39 is 23.1 Å². The van der Waals surface area contributed by atoms with Gasteiger partial charge in [0.2, 0.25) is 5.88 Å². The van der Waals surface area contributed by atoms with Crippen molar-refractivity contribution in [2.45, 2.75) is 51.0 Å². The number of ether oxygens (including phenoxy) is 3. The Hall–Kier alpha value is -3.24. The number of hydrogen-bond acceptors (Lipinski definition) is 7. The highest BCUT2D eigenvalue weighted by atomic mass is 35.5. The molecule has 1 atom stereocenters. The number of hydrogen-bond donors (Lipinski definition) is 0. The second kappa shape index (κ2) is 9.25. The van der Waals surface area contributed by atoms with Crippen LogP contribution in [-0.2, 0) is 17.9 Å². The minimum Gasteiger partial charge on any atom is -0.473 e. The van der Waals surface area contributed by atoms with Crippen LogP contribution < -0.4 is 20.1 Å². The van der Waals surface area contributed by atoms with E-state index in [1.54, 1.807) is 17.7 Å². The molecule has 2 aromatic heterocycles. The van der Waals surface area contributed by atoms with Gasteiger partial charge in [-0.3, -0.25) is 4.57 Å². The van der Waals surface area contributed by atoms with Crippen LogP contribution in [0.2, 0.25) is 5.15 Å². The van der Waals surface area contributed by atoms with Gasteiger partial charge < -0.3 is 19.1 Å². The normalized spacial score (nSPS) is 23.9. The van der Waals surface area contributed by atoms with E-state index in [0.29, 0.717) is 18.1 Å². The van der Waals surface area contributed by atoms with E-state index in [-0.39, 0.29) is 35.0 Å². The van der Waals surface area contributed by atoms with Crippen molar-refractivity contribution in [2.24, 2.45) is 5.41 Å². The van der Waals surface area contributed by atoms with Crippen molar-refractivity contribution in [1.82, 2.24) is 14.5 Å². The van der Waals surface area contributed by atoms with Gasteiger partial charge in [-0.15, -0.1) is 0 Å². The third-order valence-electron chi connectivity index (χ3n) is 7.66. The third-order valence-corrected chi connectivity index (χ3v) is 7.87. The molecule has 0 N–H and O–H groups in total. The number of halogens is 3. The van der Waals surface area contributed by atoms with Crippen LogP contribution in [0, 0.1) is 17.0 Å². The lowest BCUT2D eigenvalue weighted by atomic mass is 9.60. The van der Waals surface area contributed by atoms with Crippen LogP contribution in [0.4, 0.5) is 14.6 Å². The van der Waals surface area contributed by atoms with Crippen molar-refractivity contribution in [3.05, 3.63) is 69.4 Å². The Balaban J connectivity index is 1.15. The zero-order chi connectivity index (χ0) is 25.7. The SMILES string of the molecule is COC1CC2(CCN3c4cc(OCc5cc(F)c(Oc6ccnc(Cl)c6)c(F)c5)nc(=O)n4CC3C2)C1. The van der Waals surface area contributed by atoms with Gasteiger partial charge >= 0.3 is 5.69 Å². The smallest absolute Gasteiger partial charge is 0.352 e. The summed E-state index contributed by atoms with van der Waals surface area (Å²) in [5.74, 6) is -1.31. The van der Waals surface area contributed by atoms with Gasteiger partial charge in [0.15, 0.2) is 17.4 Å². The maximum atomic E-state index is 14.6. The lowest BCUT2D eigenvalue weighted by Crippen LogP contribution is -2.53. The fraction of sp³-hybridized carbons (Fsp3) is 0.423. The van der Waals surface area contributed by atoms with Crippen molar-refractivity contribution in [3.63, 3.8) is 0 Å². The van der Waals surface area contributed by atoms with Crippen LogP contribution in [0.1, 0.15) is 31.2 Å². The van der Waals surface area contributed by atoms with Crippen LogP contribution in [0.15, 0.2) is 41.3 Å². The molecule has 0 amide bonds. The van der Waals surface area contributed by atoms with Crippen LogP contribution in [0.3, 0.4) is 0 Å². The Bertz CT molecular complexity index is 1390. The summed E-state index contributed by atoms with van der Waals surface area (Å²) in [6.45, 7) is 1.28. The number of fused-ring (bicyclic) bond motifs is 3. The van der Waals surface area contributed by atoms with Crippen molar-refractivity contribution in [2.75, 3.05) is 18.6 Å². The van der Waals surface area contributed by atoms with Gasteiger partial charge in [0.05, 0.1) is 6.10 Å². The first-order chi connectivity index (χ1) is 17.8. The molecule has 194 valence electrons. The summed E-state index contributed by atoms with van der Waals surface area (Å²) in [5.41, 5.74) is 0.137. The molecule has 1 spiro atoms.